The van der Waals surface area contributed by atoms with Crippen LogP contribution >= 0.6 is 0 Å². The number of hydrogen-bond acceptors (Lipinski definition) is 3. The normalized spacial score (nSPS) is 20.0. The molecule has 1 heterocycles. The highest BCUT2D eigenvalue weighted by molar-refractivity contribution is 6.17. The van der Waals surface area contributed by atoms with Gasteiger partial charge in [0.1, 0.15) is 6.04 Å². The molecule has 3 heteroatoms. The molecule has 0 saturated carbocycles. The van der Waals surface area contributed by atoms with Crippen LogP contribution in [0.25, 0.3) is 0 Å². The van der Waals surface area contributed by atoms with E-state index in [1.165, 1.54) is 0 Å². The number of benzene rings is 1. The van der Waals surface area contributed by atoms with E-state index in [-0.39, 0.29) is 5.78 Å². The molecule has 0 saturated heterocycles. The van der Waals surface area contributed by atoms with Crippen LogP contribution in [-0.4, -0.2) is 18.0 Å². The van der Waals surface area contributed by atoms with Crippen LogP contribution in [0.1, 0.15) is 10.4 Å². The summed E-state index contributed by atoms with van der Waals surface area (Å²) in [6.45, 7) is 0. The van der Waals surface area contributed by atoms with Crippen LogP contribution in [0.2, 0.25) is 0 Å². The molecule has 1 aromatic rings. The first-order valence-electron chi connectivity index (χ1n) is 3.73. The Morgan fingerprint density at radius 1 is 1.42 bits per heavy atom. The lowest BCUT2D eigenvalue weighted by Gasteiger charge is -1.99. The zero-order valence-electron chi connectivity index (χ0n) is 6.37. The number of Topliss-reactive ketones (excluding diaryl/α,β-unsaturated/α-hetero) is 1. The molecule has 1 aliphatic rings. The summed E-state index contributed by atoms with van der Waals surface area (Å²) in [4.78, 5) is 11.4. The number of para-hydroxylation sites is 1. The Morgan fingerprint density at radius 2 is 2.17 bits per heavy atom. The molecule has 1 atom stereocenters. The molecule has 1 aliphatic heterocycles. The Morgan fingerprint density at radius 3 is 2.83 bits per heavy atom. The van der Waals surface area contributed by atoms with E-state index in [2.05, 4.69) is 5.32 Å². The van der Waals surface area contributed by atoms with Gasteiger partial charge < -0.3 is 10.7 Å². The first-order chi connectivity index (χ1) is 5.83. The molecule has 60 valence electrons. The maximum atomic E-state index is 11.4. The molecule has 0 amide bonds. The second-order valence-corrected chi connectivity index (χ2v) is 2.70. The minimum atomic E-state index is -0.456. The molecule has 1 aromatic carbocycles. The van der Waals surface area contributed by atoms with E-state index in [4.69, 9.17) is 5.41 Å². The summed E-state index contributed by atoms with van der Waals surface area (Å²) in [5, 5.41) is 9.94. The van der Waals surface area contributed by atoms with Crippen molar-refractivity contribution in [3.8, 4) is 0 Å². The lowest BCUT2D eigenvalue weighted by Crippen LogP contribution is -2.22. The van der Waals surface area contributed by atoms with Gasteiger partial charge in [0.15, 0.2) is 5.78 Å². The summed E-state index contributed by atoms with van der Waals surface area (Å²) < 4.78 is 0. The second-order valence-electron chi connectivity index (χ2n) is 2.70. The minimum absolute atomic E-state index is 0.0133. The third kappa shape index (κ3) is 0.830. The average molecular weight is 160 g/mol. The number of anilines is 1. The topological polar surface area (TPSA) is 53.0 Å². The predicted molar refractivity (Wildman–Crippen MR) is 47.0 cm³/mol. The van der Waals surface area contributed by atoms with Crippen molar-refractivity contribution in [2.24, 2.45) is 0 Å². The predicted octanol–water partition coefficient (Wildman–Crippen LogP) is 1.31. The van der Waals surface area contributed by atoms with Crippen molar-refractivity contribution in [2.45, 2.75) is 6.04 Å². The van der Waals surface area contributed by atoms with Gasteiger partial charge in [-0.05, 0) is 12.1 Å². The van der Waals surface area contributed by atoms with Crippen LogP contribution in [-0.2, 0) is 0 Å². The Hall–Kier alpha value is -1.64. The zero-order chi connectivity index (χ0) is 8.55. The molecule has 0 unspecified atom stereocenters. The van der Waals surface area contributed by atoms with Gasteiger partial charge >= 0.3 is 0 Å². The van der Waals surface area contributed by atoms with E-state index in [0.29, 0.717) is 5.56 Å². The maximum absolute atomic E-state index is 11.4. The number of ketones is 1. The van der Waals surface area contributed by atoms with Gasteiger partial charge in [0, 0.05) is 17.5 Å². The molecule has 0 aliphatic carbocycles. The van der Waals surface area contributed by atoms with Gasteiger partial charge in [0.2, 0.25) is 0 Å². The molecular weight excluding hydrogens is 152 g/mol. The fourth-order valence-corrected chi connectivity index (χ4v) is 1.34. The van der Waals surface area contributed by atoms with Gasteiger partial charge in [-0.3, -0.25) is 4.79 Å². The Labute approximate surface area is 69.9 Å². The van der Waals surface area contributed by atoms with E-state index in [1.54, 1.807) is 6.07 Å². The first kappa shape index (κ1) is 7.03. The Bertz CT molecular complexity index is 346. The van der Waals surface area contributed by atoms with E-state index in [0.717, 1.165) is 11.9 Å². The summed E-state index contributed by atoms with van der Waals surface area (Å²) in [5.41, 5.74) is 1.52. The summed E-state index contributed by atoms with van der Waals surface area (Å²) in [7, 11) is 0. The van der Waals surface area contributed by atoms with Gasteiger partial charge in [-0.15, -0.1) is 0 Å². The molecule has 0 fully saturated rings. The fourth-order valence-electron chi connectivity index (χ4n) is 1.34. The number of nitrogens with one attached hydrogen (secondary N) is 2. The average Bonchev–Trinajstić information content (AvgIpc) is 2.44. The summed E-state index contributed by atoms with van der Waals surface area (Å²) >= 11 is 0. The van der Waals surface area contributed by atoms with Gasteiger partial charge in [-0.2, -0.15) is 0 Å². The highest BCUT2D eigenvalue weighted by Gasteiger charge is 2.27. The van der Waals surface area contributed by atoms with E-state index in [9.17, 15) is 4.79 Å². The third-order valence-corrected chi connectivity index (χ3v) is 1.95. The maximum Gasteiger partial charge on any atom is 0.192 e. The number of fused-ring (bicyclic) bond motifs is 1. The number of carbonyl (C=O) groups is 1. The molecular formula is C9H8N2O. The number of rotatable bonds is 1. The molecule has 0 spiro atoms. The van der Waals surface area contributed by atoms with Crippen LogP contribution < -0.4 is 5.32 Å². The van der Waals surface area contributed by atoms with Crippen molar-refractivity contribution in [3.05, 3.63) is 29.8 Å². The first-order valence-corrected chi connectivity index (χ1v) is 3.73. The smallest absolute Gasteiger partial charge is 0.192 e. The summed E-state index contributed by atoms with van der Waals surface area (Å²) in [6.07, 6.45) is 1.13. The highest BCUT2D eigenvalue weighted by atomic mass is 16.1. The minimum Gasteiger partial charge on any atom is -0.370 e. The van der Waals surface area contributed by atoms with Gasteiger partial charge in [-0.1, -0.05) is 12.1 Å². The van der Waals surface area contributed by atoms with E-state index < -0.39 is 6.04 Å². The highest BCUT2D eigenvalue weighted by Crippen LogP contribution is 2.23. The van der Waals surface area contributed by atoms with E-state index in [1.807, 2.05) is 18.2 Å². The van der Waals surface area contributed by atoms with E-state index >= 15 is 0 Å². The Kier molecular flexibility index (Phi) is 1.43. The fraction of sp³-hybridized carbons (Fsp3) is 0.111. The van der Waals surface area contributed by atoms with Crippen molar-refractivity contribution >= 4 is 17.7 Å². The monoisotopic (exact) mass is 160 g/mol. The van der Waals surface area contributed by atoms with Crippen LogP contribution in [0.4, 0.5) is 5.69 Å². The SMILES string of the molecule is N=C[C@@H]1Nc2ccccc2C1=O. The van der Waals surface area contributed by atoms with Gasteiger partial charge in [-0.25, -0.2) is 0 Å². The van der Waals surface area contributed by atoms with Crippen LogP contribution in [0.5, 0.6) is 0 Å². The number of carbonyl (C=O) groups excluding carboxylic acids is 1. The van der Waals surface area contributed by atoms with Gasteiger partial charge in [0.25, 0.3) is 0 Å². The van der Waals surface area contributed by atoms with Crippen molar-refractivity contribution in [3.63, 3.8) is 0 Å². The van der Waals surface area contributed by atoms with Crippen molar-refractivity contribution < 1.29 is 4.79 Å². The molecule has 12 heavy (non-hydrogen) atoms. The third-order valence-electron chi connectivity index (χ3n) is 1.95. The second kappa shape index (κ2) is 2.44. The van der Waals surface area contributed by atoms with Crippen molar-refractivity contribution in [2.75, 3.05) is 5.32 Å². The molecule has 3 nitrogen and oxygen atoms in total. The standard InChI is InChI=1S/C9H8N2O/c10-5-8-9(12)6-3-1-2-4-7(6)11-8/h1-5,8,10-11H/t8-/m0/s1. The van der Waals surface area contributed by atoms with Gasteiger partial charge in [0.05, 0.1) is 0 Å². The molecule has 0 radical (unpaired) electrons. The van der Waals surface area contributed by atoms with Crippen LogP contribution in [0.3, 0.4) is 0 Å². The van der Waals surface area contributed by atoms with Crippen LogP contribution in [0, 0.1) is 5.41 Å². The molecule has 2 rings (SSSR count). The van der Waals surface area contributed by atoms with Crippen molar-refractivity contribution in [1.82, 2.24) is 0 Å². The molecule has 0 bridgehead atoms. The Balaban J connectivity index is 2.49. The summed E-state index contributed by atoms with van der Waals surface area (Å²) in [5.74, 6) is -0.0133. The largest absolute Gasteiger partial charge is 0.370 e. The number of hydrogen-bond donors (Lipinski definition) is 2. The van der Waals surface area contributed by atoms with Crippen LogP contribution in [0.15, 0.2) is 24.3 Å². The lowest BCUT2D eigenvalue weighted by atomic mass is 10.1. The lowest BCUT2D eigenvalue weighted by molar-refractivity contribution is 0.1000. The van der Waals surface area contributed by atoms with Crippen molar-refractivity contribution in [1.29, 1.82) is 5.41 Å². The summed E-state index contributed by atoms with van der Waals surface area (Å²) in [6, 6.07) is 6.85. The molecule has 2 N–H and O–H groups in total. The zero-order valence-corrected chi connectivity index (χ0v) is 6.37. The molecule has 0 aromatic heterocycles. The quantitative estimate of drug-likeness (QED) is 0.608.